The van der Waals surface area contributed by atoms with Crippen LogP contribution in [-0.4, -0.2) is 47.2 Å². The third-order valence-electron chi connectivity index (χ3n) is 5.15. The lowest BCUT2D eigenvalue weighted by molar-refractivity contribution is -0.194. The lowest BCUT2D eigenvalue weighted by Crippen LogP contribution is -2.67. The van der Waals surface area contributed by atoms with Gasteiger partial charge in [-0.3, -0.25) is 4.79 Å². The molecular formula is C17H21FN2O3. The predicted molar refractivity (Wildman–Crippen MR) is 80.4 cm³/mol. The first kappa shape index (κ1) is 14.9. The van der Waals surface area contributed by atoms with Crippen LogP contribution in [0.2, 0.25) is 0 Å². The van der Waals surface area contributed by atoms with E-state index in [1.807, 2.05) is 4.90 Å². The van der Waals surface area contributed by atoms with Crippen molar-refractivity contribution in [2.75, 3.05) is 19.7 Å². The molecule has 3 atom stereocenters. The van der Waals surface area contributed by atoms with E-state index in [1.54, 1.807) is 6.07 Å². The molecule has 0 radical (unpaired) electrons. The summed E-state index contributed by atoms with van der Waals surface area (Å²) >= 11 is 0. The Morgan fingerprint density at radius 3 is 3.00 bits per heavy atom. The highest BCUT2D eigenvalue weighted by atomic mass is 19.1. The Morgan fingerprint density at radius 1 is 1.52 bits per heavy atom. The molecule has 1 saturated carbocycles. The van der Waals surface area contributed by atoms with Gasteiger partial charge in [0.1, 0.15) is 11.7 Å². The second kappa shape index (κ2) is 5.44. The third-order valence-corrected chi connectivity index (χ3v) is 5.15. The van der Waals surface area contributed by atoms with E-state index in [2.05, 4.69) is 11.9 Å². The highest BCUT2D eigenvalue weighted by Crippen LogP contribution is 2.43. The number of nitrogens with zero attached hydrogens (tertiary/aromatic N) is 2. The molecule has 1 aliphatic carbocycles. The number of carbonyl (C=O) groups excluding carboxylic acids is 1. The fourth-order valence-electron chi connectivity index (χ4n) is 3.63. The summed E-state index contributed by atoms with van der Waals surface area (Å²) < 4.78 is 25.3. The van der Waals surface area contributed by atoms with Crippen molar-refractivity contribution in [3.63, 3.8) is 0 Å². The molecule has 0 unspecified atom stereocenters. The summed E-state index contributed by atoms with van der Waals surface area (Å²) in [5.74, 6) is 0.598. The number of hydrogen-bond acceptors (Lipinski definition) is 4. The van der Waals surface area contributed by atoms with Crippen molar-refractivity contribution in [1.82, 2.24) is 9.88 Å². The molecule has 0 bridgehead atoms. The van der Waals surface area contributed by atoms with E-state index < -0.39 is 5.82 Å². The molecule has 1 aromatic rings. The second-order valence-electron chi connectivity index (χ2n) is 7.07. The first-order valence-corrected chi connectivity index (χ1v) is 8.26. The molecule has 2 aliphatic heterocycles. The van der Waals surface area contributed by atoms with Gasteiger partial charge in [-0.25, -0.2) is 9.37 Å². The lowest BCUT2D eigenvalue weighted by atomic mass is 9.84. The molecule has 3 aliphatic rings. The zero-order chi connectivity index (χ0) is 16.0. The van der Waals surface area contributed by atoms with Gasteiger partial charge in [-0.2, -0.15) is 0 Å². The number of aromatic nitrogens is 1. The Kier molecular flexibility index (Phi) is 3.52. The summed E-state index contributed by atoms with van der Waals surface area (Å²) in [6.07, 6.45) is 3.80. The fourth-order valence-corrected chi connectivity index (χ4v) is 3.63. The van der Waals surface area contributed by atoms with Crippen LogP contribution in [0.5, 0.6) is 5.88 Å². The number of carbonyl (C=O) groups is 1. The van der Waals surface area contributed by atoms with Gasteiger partial charge in [0.05, 0.1) is 19.7 Å². The summed E-state index contributed by atoms with van der Waals surface area (Å²) in [7, 11) is 0. The molecule has 4 rings (SSSR count). The Labute approximate surface area is 134 Å². The van der Waals surface area contributed by atoms with Crippen LogP contribution in [0.4, 0.5) is 4.39 Å². The van der Waals surface area contributed by atoms with Crippen molar-refractivity contribution in [2.24, 2.45) is 11.8 Å². The Balaban J connectivity index is 1.35. The molecule has 23 heavy (non-hydrogen) atoms. The number of halogens is 1. The molecular weight excluding hydrogens is 299 g/mol. The number of hydrogen-bond donors (Lipinski definition) is 0. The highest BCUT2D eigenvalue weighted by molar-refractivity contribution is 5.82. The number of pyridine rings is 1. The lowest BCUT2D eigenvalue weighted by Gasteiger charge is -2.53. The molecule has 5 nitrogen and oxygen atoms in total. The standard InChI is InChI=1S/C17H21FN2O3/c1-11-7-13(11)16(21)20-9-17(10-20)8-12(4-6-22-17)23-15-14(18)3-2-5-19-15/h2-3,5,11-13H,4,6-10H2,1H3/t11-,12-,13+/m1/s1. The van der Waals surface area contributed by atoms with Gasteiger partial charge in [0.25, 0.3) is 5.88 Å². The van der Waals surface area contributed by atoms with Gasteiger partial charge >= 0.3 is 0 Å². The summed E-state index contributed by atoms with van der Waals surface area (Å²) in [4.78, 5) is 18.1. The van der Waals surface area contributed by atoms with Crippen LogP contribution in [0.25, 0.3) is 0 Å². The SMILES string of the molecule is C[C@@H]1C[C@@H]1C(=O)N1CC2(C[C@H](Oc3ncccc3F)CCO2)C1. The van der Waals surface area contributed by atoms with E-state index in [0.717, 1.165) is 6.42 Å². The van der Waals surface area contributed by atoms with Gasteiger partial charge in [-0.05, 0) is 24.5 Å². The predicted octanol–water partition coefficient (Wildman–Crippen LogP) is 2.02. The minimum Gasteiger partial charge on any atom is -0.472 e. The molecule has 0 N–H and O–H groups in total. The van der Waals surface area contributed by atoms with Crippen LogP contribution in [0, 0.1) is 17.7 Å². The van der Waals surface area contributed by atoms with Gasteiger partial charge < -0.3 is 14.4 Å². The van der Waals surface area contributed by atoms with Gasteiger partial charge in [-0.15, -0.1) is 0 Å². The van der Waals surface area contributed by atoms with Crippen LogP contribution in [0.1, 0.15) is 26.2 Å². The van der Waals surface area contributed by atoms with E-state index in [1.165, 1.54) is 12.3 Å². The first-order valence-electron chi connectivity index (χ1n) is 8.26. The minimum absolute atomic E-state index is 0.0496. The Bertz CT molecular complexity index is 618. The van der Waals surface area contributed by atoms with Crippen LogP contribution in [0.15, 0.2) is 18.3 Å². The quantitative estimate of drug-likeness (QED) is 0.855. The van der Waals surface area contributed by atoms with E-state index in [-0.39, 0.29) is 29.4 Å². The molecule has 1 spiro atoms. The molecule has 1 amide bonds. The molecule has 124 valence electrons. The van der Waals surface area contributed by atoms with E-state index >= 15 is 0 Å². The van der Waals surface area contributed by atoms with Crippen LogP contribution in [0.3, 0.4) is 0 Å². The molecule has 6 heteroatoms. The van der Waals surface area contributed by atoms with Crippen LogP contribution in [-0.2, 0) is 9.53 Å². The average molecular weight is 320 g/mol. The summed E-state index contributed by atoms with van der Waals surface area (Å²) in [6.45, 7) is 3.93. The van der Waals surface area contributed by atoms with E-state index in [9.17, 15) is 9.18 Å². The zero-order valence-electron chi connectivity index (χ0n) is 13.2. The normalized spacial score (nSPS) is 31.6. The number of ether oxygens (including phenoxy) is 2. The monoisotopic (exact) mass is 320 g/mol. The molecule has 3 fully saturated rings. The van der Waals surface area contributed by atoms with Crippen molar-refractivity contribution in [3.05, 3.63) is 24.1 Å². The van der Waals surface area contributed by atoms with Crippen molar-refractivity contribution < 1.29 is 18.7 Å². The average Bonchev–Trinajstić information content (AvgIpc) is 3.24. The van der Waals surface area contributed by atoms with E-state index in [0.29, 0.717) is 38.5 Å². The zero-order valence-corrected chi connectivity index (χ0v) is 13.2. The highest BCUT2D eigenvalue weighted by Gasteiger charge is 2.53. The number of likely N-dealkylation sites (tertiary alicyclic amines) is 1. The van der Waals surface area contributed by atoms with Crippen molar-refractivity contribution in [2.45, 2.75) is 37.9 Å². The maximum atomic E-state index is 13.7. The Hall–Kier alpha value is -1.69. The fraction of sp³-hybridized carbons (Fsp3) is 0.647. The smallest absolute Gasteiger partial charge is 0.250 e. The summed E-state index contributed by atoms with van der Waals surface area (Å²) in [5, 5.41) is 0. The molecule has 0 aromatic carbocycles. The number of amides is 1. The maximum absolute atomic E-state index is 13.7. The first-order chi connectivity index (χ1) is 11.1. The number of rotatable bonds is 3. The van der Waals surface area contributed by atoms with Gasteiger partial charge in [-0.1, -0.05) is 6.92 Å². The van der Waals surface area contributed by atoms with Crippen molar-refractivity contribution in [3.8, 4) is 5.88 Å². The maximum Gasteiger partial charge on any atom is 0.250 e. The Morgan fingerprint density at radius 2 is 2.30 bits per heavy atom. The largest absolute Gasteiger partial charge is 0.472 e. The second-order valence-corrected chi connectivity index (χ2v) is 7.07. The van der Waals surface area contributed by atoms with Crippen molar-refractivity contribution in [1.29, 1.82) is 0 Å². The summed E-state index contributed by atoms with van der Waals surface area (Å²) in [5.41, 5.74) is -0.317. The minimum atomic E-state index is -0.443. The van der Waals surface area contributed by atoms with Gasteiger partial charge in [0.15, 0.2) is 5.82 Å². The van der Waals surface area contributed by atoms with Gasteiger partial charge in [0.2, 0.25) is 5.91 Å². The van der Waals surface area contributed by atoms with E-state index in [4.69, 9.17) is 9.47 Å². The molecule has 2 saturated heterocycles. The van der Waals surface area contributed by atoms with Gasteiger partial charge in [0, 0.05) is 25.0 Å². The van der Waals surface area contributed by atoms with Crippen molar-refractivity contribution >= 4 is 5.91 Å². The molecule has 3 heterocycles. The third kappa shape index (κ3) is 2.80. The molecule has 1 aromatic heterocycles. The topological polar surface area (TPSA) is 51.7 Å². The summed E-state index contributed by atoms with van der Waals surface area (Å²) in [6, 6.07) is 2.89. The van der Waals surface area contributed by atoms with Crippen LogP contribution >= 0.6 is 0 Å². The van der Waals surface area contributed by atoms with Crippen LogP contribution < -0.4 is 4.74 Å².